The maximum atomic E-state index is 11.9. The highest BCUT2D eigenvalue weighted by Crippen LogP contribution is 2.40. The van der Waals surface area contributed by atoms with Crippen LogP contribution in [0.5, 0.6) is 0 Å². The smallest absolute Gasteiger partial charge is 0.328 e. The molecule has 1 unspecified atom stereocenters. The molecule has 0 radical (unpaired) electrons. The second-order valence-corrected chi connectivity index (χ2v) is 5.38. The zero-order valence-corrected chi connectivity index (χ0v) is 11.3. The summed E-state index contributed by atoms with van der Waals surface area (Å²) < 4.78 is 0. The quantitative estimate of drug-likeness (QED) is 0.892. The number of benzene rings is 1. The SMILES string of the molecule is CC(C)N(C)C1(C(=O)O)CCCc2ccccc21. The molecule has 1 aliphatic rings. The van der Waals surface area contributed by atoms with Gasteiger partial charge >= 0.3 is 5.97 Å². The van der Waals surface area contributed by atoms with Crippen LogP contribution < -0.4 is 0 Å². The van der Waals surface area contributed by atoms with Crippen LogP contribution in [-0.4, -0.2) is 29.1 Å². The molecule has 2 rings (SSSR count). The molecule has 3 nitrogen and oxygen atoms in total. The molecule has 1 atom stereocenters. The van der Waals surface area contributed by atoms with E-state index in [1.54, 1.807) is 0 Å². The number of aryl methyl sites for hydroxylation is 1. The molecule has 1 aromatic carbocycles. The minimum Gasteiger partial charge on any atom is -0.480 e. The monoisotopic (exact) mass is 247 g/mol. The van der Waals surface area contributed by atoms with E-state index in [0.29, 0.717) is 6.42 Å². The van der Waals surface area contributed by atoms with Crippen molar-refractivity contribution >= 4 is 5.97 Å². The van der Waals surface area contributed by atoms with Crippen LogP contribution in [0.2, 0.25) is 0 Å². The Morgan fingerprint density at radius 3 is 2.67 bits per heavy atom. The van der Waals surface area contributed by atoms with Crippen molar-refractivity contribution in [2.24, 2.45) is 0 Å². The lowest BCUT2D eigenvalue weighted by molar-refractivity contribution is -0.154. The number of likely N-dealkylation sites (N-methyl/N-ethyl adjacent to an activating group) is 1. The van der Waals surface area contributed by atoms with Crippen molar-refractivity contribution in [1.82, 2.24) is 4.90 Å². The van der Waals surface area contributed by atoms with Gasteiger partial charge in [0.25, 0.3) is 0 Å². The van der Waals surface area contributed by atoms with Crippen LogP contribution in [0, 0.1) is 0 Å². The highest BCUT2D eigenvalue weighted by molar-refractivity contribution is 5.82. The average Bonchev–Trinajstić information content (AvgIpc) is 2.36. The molecular weight excluding hydrogens is 226 g/mol. The molecule has 0 spiro atoms. The number of aliphatic carboxylic acids is 1. The topological polar surface area (TPSA) is 40.5 Å². The summed E-state index contributed by atoms with van der Waals surface area (Å²) in [5.74, 6) is -0.731. The maximum absolute atomic E-state index is 11.9. The molecule has 0 amide bonds. The second kappa shape index (κ2) is 4.73. The van der Waals surface area contributed by atoms with Crippen molar-refractivity contribution in [2.45, 2.75) is 44.7 Å². The third-order valence-electron chi connectivity index (χ3n) is 4.18. The van der Waals surface area contributed by atoms with E-state index in [-0.39, 0.29) is 6.04 Å². The summed E-state index contributed by atoms with van der Waals surface area (Å²) in [5.41, 5.74) is 1.29. The van der Waals surface area contributed by atoms with E-state index in [1.807, 2.05) is 44.0 Å². The van der Waals surface area contributed by atoms with E-state index in [4.69, 9.17) is 0 Å². The van der Waals surface area contributed by atoms with Crippen LogP contribution in [0.15, 0.2) is 24.3 Å². The molecular formula is C15H21NO2. The van der Waals surface area contributed by atoms with Gasteiger partial charge in [-0.05, 0) is 51.3 Å². The highest BCUT2D eigenvalue weighted by Gasteiger charge is 2.47. The van der Waals surface area contributed by atoms with Gasteiger partial charge in [-0.3, -0.25) is 4.90 Å². The maximum Gasteiger partial charge on any atom is 0.328 e. The van der Waals surface area contributed by atoms with E-state index >= 15 is 0 Å². The first-order valence-corrected chi connectivity index (χ1v) is 6.55. The van der Waals surface area contributed by atoms with Gasteiger partial charge < -0.3 is 5.11 Å². The molecule has 0 fully saturated rings. The molecule has 18 heavy (non-hydrogen) atoms. The predicted octanol–water partition coefficient (Wildman–Crippen LogP) is 2.64. The van der Waals surface area contributed by atoms with Gasteiger partial charge in [0.2, 0.25) is 0 Å². The minimum atomic E-state index is -0.858. The molecule has 0 aromatic heterocycles. The second-order valence-electron chi connectivity index (χ2n) is 5.38. The molecule has 0 aliphatic heterocycles. The predicted molar refractivity (Wildman–Crippen MR) is 71.6 cm³/mol. The summed E-state index contributed by atoms with van der Waals surface area (Å²) in [6.45, 7) is 4.09. The van der Waals surface area contributed by atoms with E-state index in [1.165, 1.54) is 5.56 Å². The Hall–Kier alpha value is -1.35. The highest BCUT2D eigenvalue weighted by atomic mass is 16.4. The van der Waals surface area contributed by atoms with Crippen LogP contribution in [0.3, 0.4) is 0 Å². The standard InChI is InChI=1S/C15H21NO2/c1-11(2)16(3)15(14(17)18)10-6-8-12-7-4-5-9-13(12)15/h4-5,7,9,11H,6,8,10H2,1-3H3,(H,17,18). The van der Waals surface area contributed by atoms with Crippen molar-refractivity contribution in [3.63, 3.8) is 0 Å². The molecule has 98 valence electrons. The number of hydrogen-bond acceptors (Lipinski definition) is 2. The summed E-state index contributed by atoms with van der Waals surface area (Å²) in [4.78, 5) is 13.9. The van der Waals surface area contributed by atoms with Gasteiger partial charge in [-0.1, -0.05) is 24.3 Å². The van der Waals surface area contributed by atoms with E-state index in [2.05, 4.69) is 6.07 Å². The lowest BCUT2D eigenvalue weighted by Crippen LogP contribution is -2.54. The Morgan fingerprint density at radius 1 is 1.39 bits per heavy atom. The molecule has 0 saturated carbocycles. The molecule has 3 heteroatoms. The summed E-state index contributed by atoms with van der Waals surface area (Å²) in [5, 5.41) is 9.81. The van der Waals surface area contributed by atoms with Crippen molar-refractivity contribution in [3.8, 4) is 0 Å². The van der Waals surface area contributed by atoms with E-state index in [9.17, 15) is 9.90 Å². The van der Waals surface area contributed by atoms with Gasteiger partial charge in [0.05, 0.1) is 0 Å². The molecule has 1 N–H and O–H groups in total. The van der Waals surface area contributed by atoms with Gasteiger partial charge in [-0.2, -0.15) is 0 Å². The Labute approximate surface area is 108 Å². The van der Waals surface area contributed by atoms with Crippen molar-refractivity contribution in [1.29, 1.82) is 0 Å². The summed E-state index contributed by atoms with van der Waals surface area (Å²) in [7, 11) is 1.92. The largest absolute Gasteiger partial charge is 0.480 e. The first-order valence-electron chi connectivity index (χ1n) is 6.55. The fourth-order valence-electron chi connectivity index (χ4n) is 2.99. The van der Waals surface area contributed by atoms with Crippen molar-refractivity contribution in [3.05, 3.63) is 35.4 Å². The van der Waals surface area contributed by atoms with Crippen LogP contribution in [0.4, 0.5) is 0 Å². The number of hydrogen-bond donors (Lipinski definition) is 1. The number of carbonyl (C=O) groups is 1. The van der Waals surface area contributed by atoms with Crippen LogP contribution in [0.25, 0.3) is 0 Å². The number of rotatable bonds is 3. The fraction of sp³-hybridized carbons (Fsp3) is 0.533. The summed E-state index contributed by atoms with van der Waals surface area (Å²) in [6, 6.07) is 8.16. The van der Waals surface area contributed by atoms with Gasteiger partial charge in [-0.25, -0.2) is 4.79 Å². The van der Waals surface area contributed by atoms with Gasteiger partial charge in [0.1, 0.15) is 5.54 Å². The van der Waals surface area contributed by atoms with Gasteiger partial charge in [-0.15, -0.1) is 0 Å². The van der Waals surface area contributed by atoms with Crippen molar-refractivity contribution < 1.29 is 9.90 Å². The van der Waals surface area contributed by atoms with E-state index < -0.39 is 11.5 Å². The van der Waals surface area contributed by atoms with Crippen LogP contribution in [0.1, 0.15) is 37.8 Å². The minimum absolute atomic E-state index is 0.201. The summed E-state index contributed by atoms with van der Waals surface area (Å²) >= 11 is 0. The Balaban J connectivity index is 2.60. The van der Waals surface area contributed by atoms with Gasteiger partial charge in [0, 0.05) is 6.04 Å². The van der Waals surface area contributed by atoms with Crippen LogP contribution >= 0.6 is 0 Å². The van der Waals surface area contributed by atoms with Crippen molar-refractivity contribution in [2.75, 3.05) is 7.05 Å². The normalized spacial score (nSPS) is 23.2. The lowest BCUT2D eigenvalue weighted by Gasteiger charge is -2.44. The Bertz CT molecular complexity index is 456. The third-order valence-corrected chi connectivity index (χ3v) is 4.18. The van der Waals surface area contributed by atoms with E-state index in [0.717, 1.165) is 18.4 Å². The fourth-order valence-corrected chi connectivity index (χ4v) is 2.99. The molecule has 0 bridgehead atoms. The summed E-state index contributed by atoms with van der Waals surface area (Å²) in [6.07, 6.45) is 2.60. The third kappa shape index (κ3) is 1.83. The molecule has 1 aliphatic carbocycles. The number of fused-ring (bicyclic) bond motifs is 1. The molecule has 0 saturated heterocycles. The lowest BCUT2D eigenvalue weighted by atomic mass is 9.75. The number of carboxylic acid groups (broad SMARTS) is 1. The van der Waals surface area contributed by atoms with Gasteiger partial charge in [0.15, 0.2) is 0 Å². The Morgan fingerprint density at radius 2 is 2.06 bits per heavy atom. The Kier molecular flexibility index (Phi) is 3.44. The molecule has 1 aromatic rings. The van der Waals surface area contributed by atoms with Crippen LogP contribution in [-0.2, 0) is 16.8 Å². The zero-order chi connectivity index (χ0) is 13.3. The average molecular weight is 247 g/mol. The molecule has 0 heterocycles. The zero-order valence-electron chi connectivity index (χ0n) is 11.3. The first-order chi connectivity index (χ1) is 8.50. The first kappa shape index (κ1) is 13.1. The number of nitrogens with zero attached hydrogens (tertiary/aromatic N) is 1. The number of carboxylic acids is 1.